The van der Waals surface area contributed by atoms with Gasteiger partial charge in [-0.3, -0.25) is 0 Å². The molecule has 0 saturated carbocycles. The zero-order valence-corrected chi connectivity index (χ0v) is 5.71. The lowest BCUT2D eigenvalue weighted by Crippen LogP contribution is -1.97. The fraction of sp³-hybridized carbons (Fsp3) is 0.600. The molecule has 0 aromatic rings. The second kappa shape index (κ2) is 2.26. The summed E-state index contributed by atoms with van der Waals surface area (Å²) in [5, 5.41) is 10.1. The topological polar surface area (TPSA) is 20.2 Å². The zero-order valence-electron chi connectivity index (χ0n) is 4.19. The lowest BCUT2D eigenvalue weighted by atomic mass is 10.3. The normalized spacial score (nSPS) is 22.9. The van der Waals surface area contributed by atoms with Gasteiger partial charge in [0.1, 0.15) is 0 Å². The van der Waals surface area contributed by atoms with Gasteiger partial charge < -0.3 is 5.11 Å². The van der Waals surface area contributed by atoms with E-state index in [1.807, 2.05) is 0 Å². The molecule has 0 aliphatic heterocycles. The number of aliphatic hydroxyl groups excluding tert-OH is 1. The standard InChI is InChI=1S/C5H6Cl2O/c6-4-1-3(8)2-5(4)7/h3,8H,1-2H2. The first-order valence-electron chi connectivity index (χ1n) is 2.41. The summed E-state index contributed by atoms with van der Waals surface area (Å²) in [5.74, 6) is 0. The average Bonchev–Trinajstić information content (AvgIpc) is 1.85. The Morgan fingerprint density at radius 2 is 1.62 bits per heavy atom. The van der Waals surface area contributed by atoms with Crippen molar-refractivity contribution < 1.29 is 5.11 Å². The third-order valence-corrected chi connectivity index (χ3v) is 1.99. The van der Waals surface area contributed by atoms with Gasteiger partial charge in [0, 0.05) is 22.9 Å². The monoisotopic (exact) mass is 152 g/mol. The molecule has 0 saturated heterocycles. The Labute approximate surface area is 57.9 Å². The van der Waals surface area contributed by atoms with E-state index >= 15 is 0 Å². The van der Waals surface area contributed by atoms with E-state index in [2.05, 4.69) is 0 Å². The van der Waals surface area contributed by atoms with E-state index in [-0.39, 0.29) is 6.10 Å². The van der Waals surface area contributed by atoms with E-state index < -0.39 is 0 Å². The highest BCUT2D eigenvalue weighted by molar-refractivity contribution is 6.39. The fourth-order valence-electron chi connectivity index (χ4n) is 0.707. The predicted molar refractivity (Wildman–Crippen MR) is 34.0 cm³/mol. The van der Waals surface area contributed by atoms with Crippen LogP contribution in [0.5, 0.6) is 0 Å². The van der Waals surface area contributed by atoms with Crippen LogP contribution in [0.2, 0.25) is 0 Å². The largest absolute Gasteiger partial charge is 0.392 e. The van der Waals surface area contributed by atoms with E-state index in [9.17, 15) is 0 Å². The smallest absolute Gasteiger partial charge is 0.0638 e. The molecule has 0 amide bonds. The first-order chi connectivity index (χ1) is 3.70. The molecule has 1 aliphatic rings. The number of rotatable bonds is 0. The summed E-state index contributed by atoms with van der Waals surface area (Å²) in [6.45, 7) is 0. The van der Waals surface area contributed by atoms with Crippen molar-refractivity contribution in [3.63, 3.8) is 0 Å². The fourth-order valence-corrected chi connectivity index (χ4v) is 1.22. The van der Waals surface area contributed by atoms with Crippen molar-refractivity contribution in [2.24, 2.45) is 0 Å². The second-order valence-electron chi connectivity index (χ2n) is 1.87. The van der Waals surface area contributed by atoms with E-state index in [4.69, 9.17) is 28.3 Å². The minimum atomic E-state index is -0.338. The highest BCUT2D eigenvalue weighted by Gasteiger charge is 2.18. The van der Waals surface area contributed by atoms with Crippen LogP contribution in [0.4, 0.5) is 0 Å². The molecule has 0 heterocycles. The highest BCUT2D eigenvalue weighted by atomic mass is 35.5. The molecular formula is C5H6Cl2O. The Morgan fingerprint density at radius 1 is 1.25 bits per heavy atom. The van der Waals surface area contributed by atoms with E-state index in [0.717, 1.165) is 0 Å². The molecule has 46 valence electrons. The lowest BCUT2D eigenvalue weighted by molar-refractivity contribution is 0.188. The molecule has 1 N–H and O–H groups in total. The Hall–Kier alpha value is 0.280. The van der Waals surface area contributed by atoms with Gasteiger partial charge in [0.15, 0.2) is 0 Å². The van der Waals surface area contributed by atoms with Crippen LogP contribution >= 0.6 is 23.2 Å². The Morgan fingerprint density at radius 3 is 1.75 bits per heavy atom. The van der Waals surface area contributed by atoms with Crippen LogP contribution < -0.4 is 0 Å². The van der Waals surface area contributed by atoms with Crippen LogP contribution in [0.3, 0.4) is 0 Å². The number of hydrogen-bond donors (Lipinski definition) is 1. The van der Waals surface area contributed by atoms with Crippen molar-refractivity contribution in [1.82, 2.24) is 0 Å². The quantitative estimate of drug-likeness (QED) is 0.562. The molecule has 1 nitrogen and oxygen atoms in total. The number of hydrogen-bond acceptors (Lipinski definition) is 1. The average molecular weight is 153 g/mol. The Balaban J connectivity index is 2.60. The maximum atomic E-state index is 8.86. The zero-order chi connectivity index (χ0) is 6.15. The molecule has 0 aromatic carbocycles. The first kappa shape index (κ1) is 6.40. The lowest BCUT2D eigenvalue weighted by Gasteiger charge is -1.94. The minimum absolute atomic E-state index is 0.338. The summed E-state index contributed by atoms with van der Waals surface area (Å²) in [5.41, 5.74) is 0. The van der Waals surface area contributed by atoms with Crippen LogP contribution in [-0.2, 0) is 0 Å². The first-order valence-corrected chi connectivity index (χ1v) is 3.17. The van der Waals surface area contributed by atoms with Crippen LogP contribution in [0.25, 0.3) is 0 Å². The van der Waals surface area contributed by atoms with Crippen molar-refractivity contribution in [1.29, 1.82) is 0 Å². The van der Waals surface area contributed by atoms with E-state index in [0.29, 0.717) is 22.9 Å². The third kappa shape index (κ3) is 1.16. The summed E-state index contributed by atoms with van der Waals surface area (Å²) in [7, 11) is 0. The van der Waals surface area contributed by atoms with Crippen molar-refractivity contribution >= 4 is 23.2 Å². The van der Waals surface area contributed by atoms with Crippen molar-refractivity contribution in [3.05, 3.63) is 10.1 Å². The highest BCUT2D eigenvalue weighted by Crippen LogP contribution is 2.31. The number of halogens is 2. The molecule has 8 heavy (non-hydrogen) atoms. The van der Waals surface area contributed by atoms with Gasteiger partial charge >= 0.3 is 0 Å². The van der Waals surface area contributed by atoms with E-state index in [1.54, 1.807) is 0 Å². The van der Waals surface area contributed by atoms with Gasteiger partial charge in [-0.15, -0.1) is 0 Å². The molecule has 0 fully saturated rings. The Bertz CT molecular complexity index is 116. The molecular weight excluding hydrogens is 147 g/mol. The molecule has 0 spiro atoms. The van der Waals surface area contributed by atoms with Crippen molar-refractivity contribution in [2.75, 3.05) is 0 Å². The van der Waals surface area contributed by atoms with Gasteiger partial charge in [-0.1, -0.05) is 23.2 Å². The summed E-state index contributed by atoms with van der Waals surface area (Å²) in [4.78, 5) is 0. The van der Waals surface area contributed by atoms with Crippen LogP contribution in [0.15, 0.2) is 10.1 Å². The van der Waals surface area contributed by atoms with E-state index in [1.165, 1.54) is 0 Å². The molecule has 0 unspecified atom stereocenters. The maximum absolute atomic E-state index is 8.86. The molecule has 1 rings (SSSR count). The second-order valence-corrected chi connectivity index (χ2v) is 2.78. The van der Waals surface area contributed by atoms with Crippen LogP contribution in [0, 0.1) is 0 Å². The van der Waals surface area contributed by atoms with Gasteiger partial charge in [0.05, 0.1) is 6.10 Å². The molecule has 0 aromatic heterocycles. The van der Waals surface area contributed by atoms with Crippen molar-refractivity contribution in [2.45, 2.75) is 18.9 Å². The Kier molecular flexibility index (Phi) is 1.81. The maximum Gasteiger partial charge on any atom is 0.0638 e. The van der Waals surface area contributed by atoms with Gasteiger partial charge in [-0.25, -0.2) is 0 Å². The molecule has 3 heteroatoms. The molecule has 1 aliphatic carbocycles. The summed E-state index contributed by atoms with van der Waals surface area (Å²) in [6.07, 6.45) is 0.718. The SMILES string of the molecule is OC1CC(Cl)=C(Cl)C1. The van der Waals surface area contributed by atoms with Crippen molar-refractivity contribution in [3.8, 4) is 0 Å². The summed E-state index contributed by atoms with van der Waals surface area (Å²) in [6, 6.07) is 0. The van der Waals surface area contributed by atoms with Crippen LogP contribution in [-0.4, -0.2) is 11.2 Å². The third-order valence-electron chi connectivity index (χ3n) is 1.12. The predicted octanol–water partition coefficient (Wildman–Crippen LogP) is 1.83. The summed E-state index contributed by atoms with van der Waals surface area (Å²) < 4.78 is 0. The molecule has 0 bridgehead atoms. The van der Waals surface area contributed by atoms with Crippen LogP contribution in [0.1, 0.15) is 12.8 Å². The molecule has 0 atom stereocenters. The van der Waals surface area contributed by atoms with Gasteiger partial charge in [-0.2, -0.15) is 0 Å². The number of aliphatic hydroxyl groups is 1. The minimum Gasteiger partial charge on any atom is -0.392 e. The summed E-state index contributed by atoms with van der Waals surface area (Å²) >= 11 is 11.1. The van der Waals surface area contributed by atoms with Gasteiger partial charge in [0.2, 0.25) is 0 Å². The van der Waals surface area contributed by atoms with Gasteiger partial charge in [-0.05, 0) is 0 Å². The molecule has 0 radical (unpaired) electrons. The van der Waals surface area contributed by atoms with Gasteiger partial charge in [0.25, 0.3) is 0 Å².